The molecule has 0 saturated heterocycles. The minimum Gasteiger partial charge on any atom is -0.385 e. The summed E-state index contributed by atoms with van der Waals surface area (Å²) in [5, 5.41) is 6.06. The normalized spacial score (nSPS) is 15.6. The minimum atomic E-state index is -0.193. The Morgan fingerprint density at radius 1 is 1.38 bits per heavy atom. The summed E-state index contributed by atoms with van der Waals surface area (Å²) in [6.45, 7) is 1.83. The van der Waals surface area contributed by atoms with E-state index in [9.17, 15) is 4.79 Å². The first-order valence-corrected chi connectivity index (χ1v) is 5.36. The van der Waals surface area contributed by atoms with Crippen LogP contribution in [0.25, 0.3) is 0 Å². The van der Waals surface area contributed by atoms with Gasteiger partial charge in [-0.2, -0.15) is 10.1 Å². The molecule has 84 valence electrons. The van der Waals surface area contributed by atoms with Gasteiger partial charge in [0.15, 0.2) is 0 Å². The number of halogens is 2. The van der Waals surface area contributed by atoms with Crippen molar-refractivity contribution in [1.82, 2.24) is 0 Å². The Balaban J connectivity index is 2.49. The van der Waals surface area contributed by atoms with Crippen LogP contribution in [0, 0.1) is 6.92 Å². The van der Waals surface area contributed by atoms with Gasteiger partial charge in [-0.25, -0.2) is 0 Å². The first kappa shape index (κ1) is 11.2. The molecular formula is C10H9Cl2N3O. The smallest absolute Gasteiger partial charge is 0.255 e. The number of carbonyl (C=O) groups is 1. The van der Waals surface area contributed by atoms with Crippen LogP contribution in [-0.2, 0) is 4.79 Å². The summed E-state index contributed by atoms with van der Waals surface area (Å²) in [4.78, 5) is 11.6. The molecule has 0 aliphatic carbocycles. The summed E-state index contributed by atoms with van der Waals surface area (Å²) in [6.07, 6.45) is 0.123. The Kier molecular flexibility index (Phi) is 2.78. The van der Waals surface area contributed by atoms with Crippen molar-refractivity contribution in [1.29, 1.82) is 0 Å². The summed E-state index contributed by atoms with van der Waals surface area (Å²) in [6, 6.07) is 3.30. The van der Waals surface area contributed by atoms with Crippen molar-refractivity contribution in [3.05, 3.63) is 27.7 Å². The Morgan fingerprint density at radius 2 is 2.06 bits per heavy atom. The molecule has 0 saturated carbocycles. The molecule has 1 heterocycles. The molecule has 2 rings (SSSR count). The van der Waals surface area contributed by atoms with Gasteiger partial charge < -0.3 is 5.73 Å². The number of amides is 1. The van der Waals surface area contributed by atoms with E-state index in [1.54, 1.807) is 12.1 Å². The molecule has 2 N–H and O–H groups in total. The summed E-state index contributed by atoms with van der Waals surface area (Å²) in [7, 11) is 0. The maximum absolute atomic E-state index is 11.6. The number of nitrogens with zero attached hydrogens (tertiary/aromatic N) is 2. The first-order valence-electron chi connectivity index (χ1n) is 4.60. The van der Waals surface area contributed by atoms with Crippen molar-refractivity contribution < 1.29 is 4.79 Å². The van der Waals surface area contributed by atoms with Crippen LogP contribution in [-0.4, -0.2) is 11.7 Å². The van der Waals surface area contributed by atoms with Crippen LogP contribution in [0.15, 0.2) is 17.2 Å². The number of nitrogens with two attached hydrogens (primary N) is 1. The quantitative estimate of drug-likeness (QED) is 0.840. The molecule has 1 aliphatic heterocycles. The molecule has 1 amide bonds. The van der Waals surface area contributed by atoms with Crippen LogP contribution >= 0.6 is 23.2 Å². The summed E-state index contributed by atoms with van der Waals surface area (Å²) >= 11 is 11.9. The number of hydrogen-bond donors (Lipinski definition) is 1. The largest absolute Gasteiger partial charge is 0.385 e. The Labute approximate surface area is 103 Å². The van der Waals surface area contributed by atoms with Crippen molar-refractivity contribution >= 4 is 40.6 Å². The van der Waals surface area contributed by atoms with Crippen molar-refractivity contribution in [2.75, 3.05) is 5.01 Å². The van der Waals surface area contributed by atoms with E-state index in [4.69, 9.17) is 28.9 Å². The highest BCUT2D eigenvalue weighted by Gasteiger charge is 2.25. The van der Waals surface area contributed by atoms with Gasteiger partial charge in [-0.1, -0.05) is 23.2 Å². The van der Waals surface area contributed by atoms with E-state index < -0.39 is 0 Å². The number of aryl methyl sites for hydroxylation is 1. The van der Waals surface area contributed by atoms with E-state index in [2.05, 4.69) is 5.10 Å². The molecule has 0 atom stereocenters. The van der Waals surface area contributed by atoms with Gasteiger partial charge in [0.25, 0.3) is 5.91 Å². The van der Waals surface area contributed by atoms with Gasteiger partial charge in [-0.3, -0.25) is 4.79 Å². The molecule has 1 aliphatic rings. The topological polar surface area (TPSA) is 58.7 Å². The van der Waals surface area contributed by atoms with Crippen molar-refractivity contribution in [2.45, 2.75) is 13.3 Å². The van der Waals surface area contributed by atoms with Gasteiger partial charge in [-0.05, 0) is 24.6 Å². The van der Waals surface area contributed by atoms with Crippen LogP contribution in [0.1, 0.15) is 12.0 Å². The summed E-state index contributed by atoms with van der Waals surface area (Å²) < 4.78 is 0. The van der Waals surface area contributed by atoms with Crippen LogP contribution in [0.5, 0.6) is 0 Å². The molecule has 0 bridgehead atoms. The standard InChI is InChI=1S/C10H9Cl2N3O/c1-5-2-8(7(12)3-6(5)11)15-10(16)4-9(13)14-15/h2-3H,4H2,1H3,(H2,13,14). The molecule has 6 heteroatoms. The molecule has 4 nitrogen and oxygen atoms in total. The van der Waals surface area contributed by atoms with E-state index in [1.807, 2.05) is 6.92 Å². The monoisotopic (exact) mass is 257 g/mol. The van der Waals surface area contributed by atoms with Crippen LogP contribution in [0.3, 0.4) is 0 Å². The molecular weight excluding hydrogens is 249 g/mol. The third-order valence-electron chi connectivity index (χ3n) is 2.25. The maximum Gasteiger partial charge on any atom is 0.255 e. The average molecular weight is 258 g/mol. The second-order valence-corrected chi connectivity index (χ2v) is 4.34. The number of rotatable bonds is 1. The first-order chi connectivity index (χ1) is 7.49. The van der Waals surface area contributed by atoms with Gasteiger partial charge in [0, 0.05) is 5.02 Å². The van der Waals surface area contributed by atoms with Gasteiger partial charge in [0.05, 0.1) is 17.1 Å². The minimum absolute atomic E-state index is 0.123. The Hall–Kier alpha value is -1.26. The van der Waals surface area contributed by atoms with Crippen molar-refractivity contribution in [3.8, 4) is 0 Å². The number of hydrogen-bond acceptors (Lipinski definition) is 3. The Bertz CT molecular complexity index is 499. The van der Waals surface area contributed by atoms with E-state index in [0.717, 1.165) is 5.56 Å². The molecule has 0 aromatic heterocycles. The summed E-state index contributed by atoms with van der Waals surface area (Å²) in [5.74, 6) is 0.0924. The van der Waals surface area contributed by atoms with E-state index in [-0.39, 0.29) is 18.2 Å². The highest BCUT2D eigenvalue weighted by atomic mass is 35.5. The van der Waals surface area contributed by atoms with Crippen molar-refractivity contribution in [2.24, 2.45) is 10.8 Å². The maximum atomic E-state index is 11.6. The zero-order valence-electron chi connectivity index (χ0n) is 8.50. The van der Waals surface area contributed by atoms with Gasteiger partial charge in [0.1, 0.15) is 5.84 Å². The van der Waals surface area contributed by atoms with Gasteiger partial charge in [-0.15, -0.1) is 0 Å². The molecule has 0 spiro atoms. The lowest BCUT2D eigenvalue weighted by molar-refractivity contribution is -0.116. The number of anilines is 1. The van der Waals surface area contributed by atoms with Crippen molar-refractivity contribution in [3.63, 3.8) is 0 Å². The predicted molar refractivity (Wildman–Crippen MR) is 64.9 cm³/mol. The van der Waals surface area contributed by atoms with E-state index >= 15 is 0 Å². The zero-order valence-corrected chi connectivity index (χ0v) is 10.0. The average Bonchev–Trinajstić information content (AvgIpc) is 2.51. The molecule has 1 aromatic carbocycles. The molecule has 0 unspecified atom stereocenters. The third kappa shape index (κ3) is 1.86. The lowest BCUT2D eigenvalue weighted by Gasteiger charge is -2.14. The summed E-state index contributed by atoms with van der Waals surface area (Å²) in [5.41, 5.74) is 6.83. The molecule has 16 heavy (non-hydrogen) atoms. The lowest BCUT2D eigenvalue weighted by atomic mass is 10.2. The Morgan fingerprint density at radius 3 is 2.62 bits per heavy atom. The van der Waals surface area contributed by atoms with Crippen LogP contribution < -0.4 is 10.7 Å². The highest BCUT2D eigenvalue weighted by Crippen LogP contribution is 2.33. The highest BCUT2D eigenvalue weighted by molar-refractivity contribution is 6.37. The fraction of sp³-hybridized carbons (Fsp3) is 0.200. The third-order valence-corrected chi connectivity index (χ3v) is 2.96. The lowest BCUT2D eigenvalue weighted by Crippen LogP contribution is -2.20. The number of carbonyl (C=O) groups excluding carboxylic acids is 1. The molecule has 0 radical (unpaired) electrons. The predicted octanol–water partition coefficient (Wildman–Crippen LogP) is 2.31. The second kappa shape index (κ2) is 3.96. The molecule has 1 aromatic rings. The number of amidine groups is 1. The van der Waals surface area contributed by atoms with Crippen LogP contribution in [0.2, 0.25) is 10.0 Å². The number of hydrazone groups is 1. The fourth-order valence-corrected chi connectivity index (χ4v) is 1.91. The number of benzene rings is 1. The SMILES string of the molecule is Cc1cc(N2N=C(N)CC2=O)c(Cl)cc1Cl. The van der Waals surface area contributed by atoms with Crippen LogP contribution in [0.4, 0.5) is 5.69 Å². The van der Waals surface area contributed by atoms with Gasteiger partial charge in [0.2, 0.25) is 0 Å². The van der Waals surface area contributed by atoms with Gasteiger partial charge >= 0.3 is 0 Å². The van der Waals surface area contributed by atoms with E-state index in [1.165, 1.54) is 5.01 Å². The molecule has 0 fully saturated rings. The fourth-order valence-electron chi connectivity index (χ4n) is 1.44. The second-order valence-electron chi connectivity index (χ2n) is 3.53. The van der Waals surface area contributed by atoms with E-state index in [0.29, 0.717) is 15.7 Å². The zero-order chi connectivity index (χ0) is 11.9.